The quantitative estimate of drug-likeness (QED) is 0.813. The van der Waals surface area contributed by atoms with Crippen molar-refractivity contribution in [3.8, 4) is 0 Å². The Morgan fingerprint density at radius 1 is 1.26 bits per heavy atom. The van der Waals surface area contributed by atoms with Gasteiger partial charge >= 0.3 is 0 Å². The SMILES string of the molecule is CC1CC(NC(=O)[C@H]2CCCCN2)CCN1C.Cl.Cl. The molecule has 3 atom stereocenters. The minimum absolute atomic E-state index is 0. The number of piperidine rings is 2. The second kappa shape index (κ2) is 9.01. The largest absolute Gasteiger partial charge is 0.352 e. The highest BCUT2D eigenvalue weighted by Crippen LogP contribution is 2.16. The molecule has 0 bridgehead atoms. The van der Waals surface area contributed by atoms with Crippen LogP contribution in [-0.2, 0) is 4.79 Å². The summed E-state index contributed by atoms with van der Waals surface area (Å²) < 4.78 is 0. The lowest BCUT2D eigenvalue weighted by molar-refractivity contribution is -0.124. The van der Waals surface area contributed by atoms with Crippen LogP contribution in [0.1, 0.15) is 39.0 Å². The molecule has 0 aromatic carbocycles. The number of carbonyl (C=O) groups excluding carboxylic acids is 1. The van der Waals surface area contributed by atoms with E-state index in [9.17, 15) is 4.79 Å². The number of halogens is 2. The molecule has 2 aliphatic heterocycles. The van der Waals surface area contributed by atoms with E-state index >= 15 is 0 Å². The number of nitrogens with zero attached hydrogens (tertiary/aromatic N) is 1. The van der Waals surface area contributed by atoms with Gasteiger partial charge in [0.2, 0.25) is 5.91 Å². The summed E-state index contributed by atoms with van der Waals surface area (Å²) in [6.45, 7) is 4.31. The Kier molecular flexibility index (Phi) is 8.99. The van der Waals surface area contributed by atoms with Gasteiger partial charge in [-0.2, -0.15) is 0 Å². The number of hydrogen-bond donors (Lipinski definition) is 2. The summed E-state index contributed by atoms with van der Waals surface area (Å²) in [5, 5.41) is 6.52. The molecule has 19 heavy (non-hydrogen) atoms. The first-order chi connectivity index (χ1) is 8.16. The Balaban J connectivity index is 0.00000162. The van der Waals surface area contributed by atoms with Gasteiger partial charge in [0.05, 0.1) is 6.04 Å². The summed E-state index contributed by atoms with van der Waals surface area (Å²) in [6.07, 6.45) is 5.53. The summed E-state index contributed by atoms with van der Waals surface area (Å²) in [7, 11) is 2.16. The van der Waals surface area contributed by atoms with E-state index in [0.29, 0.717) is 12.1 Å². The van der Waals surface area contributed by atoms with E-state index in [1.165, 1.54) is 12.8 Å². The molecule has 2 heterocycles. The molecule has 2 aliphatic rings. The molecule has 0 aliphatic carbocycles. The zero-order chi connectivity index (χ0) is 12.3. The van der Waals surface area contributed by atoms with E-state index < -0.39 is 0 Å². The van der Waals surface area contributed by atoms with Crippen molar-refractivity contribution in [2.45, 2.75) is 57.2 Å². The molecule has 114 valence electrons. The van der Waals surface area contributed by atoms with Gasteiger partial charge in [0.15, 0.2) is 0 Å². The molecule has 0 spiro atoms. The van der Waals surface area contributed by atoms with Gasteiger partial charge in [-0.25, -0.2) is 0 Å². The fraction of sp³-hybridized carbons (Fsp3) is 0.923. The van der Waals surface area contributed by atoms with Crippen LogP contribution in [0.5, 0.6) is 0 Å². The lowest BCUT2D eigenvalue weighted by atomic mass is 9.97. The number of amides is 1. The van der Waals surface area contributed by atoms with Gasteiger partial charge < -0.3 is 15.5 Å². The lowest BCUT2D eigenvalue weighted by Crippen LogP contribution is -2.53. The standard InChI is InChI=1S/C13H25N3O.2ClH/c1-10-9-11(6-8-16(10)2)15-13(17)12-5-3-4-7-14-12;;/h10-12,14H,3-9H2,1-2H3,(H,15,17);2*1H/t10?,11?,12-;;/m1../s1. The van der Waals surface area contributed by atoms with Crippen molar-refractivity contribution >= 4 is 30.7 Å². The van der Waals surface area contributed by atoms with Crippen LogP contribution >= 0.6 is 24.8 Å². The Labute approximate surface area is 128 Å². The summed E-state index contributed by atoms with van der Waals surface area (Å²) in [4.78, 5) is 14.4. The smallest absolute Gasteiger partial charge is 0.237 e. The molecule has 2 unspecified atom stereocenters. The van der Waals surface area contributed by atoms with E-state index in [1.54, 1.807) is 0 Å². The number of likely N-dealkylation sites (tertiary alicyclic amines) is 1. The van der Waals surface area contributed by atoms with Crippen molar-refractivity contribution in [1.29, 1.82) is 0 Å². The summed E-state index contributed by atoms with van der Waals surface area (Å²) in [5.41, 5.74) is 0. The molecule has 4 nitrogen and oxygen atoms in total. The van der Waals surface area contributed by atoms with E-state index in [-0.39, 0.29) is 36.8 Å². The van der Waals surface area contributed by atoms with Gasteiger partial charge in [0.1, 0.15) is 0 Å². The number of nitrogens with one attached hydrogen (secondary N) is 2. The summed E-state index contributed by atoms with van der Waals surface area (Å²) in [6, 6.07) is 1.00. The van der Waals surface area contributed by atoms with Crippen LogP contribution in [-0.4, -0.2) is 49.1 Å². The molecule has 0 radical (unpaired) electrons. The molecule has 2 saturated heterocycles. The van der Waals surface area contributed by atoms with Crippen LogP contribution in [0.2, 0.25) is 0 Å². The highest BCUT2D eigenvalue weighted by atomic mass is 35.5. The van der Waals surface area contributed by atoms with Crippen molar-refractivity contribution in [2.75, 3.05) is 20.1 Å². The highest BCUT2D eigenvalue weighted by molar-refractivity contribution is 5.85. The van der Waals surface area contributed by atoms with Crippen LogP contribution in [0.4, 0.5) is 0 Å². The maximum Gasteiger partial charge on any atom is 0.237 e. The molecule has 2 rings (SSSR count). The van der Waals surface area contributed by atoms with Gasteiger partial charge in [-0.3, -0.25) is 4.79 Å². The van der Waals surface area contributed by atoms with Crippen LogP contribution < -0.4 is 10.6 Å². The molecule has 0 saturated carbocycles. The molecule has 1 amide bonds. The highest BCUT2D eigenvalue weighted by Gasteiger charge is 2.27. The van der Waals surface area contributed by atoms with Gasteiger partial charge in [-0.15, -0.1) is 24.8 Å². The summed E-state index contributed by atoms with van der Waals surface area (Å²) in [5.74, 6) is 0.214. The second-order valence-corrected chi connectivity index (χ2v) is 5.56. The molecular formula is C13H27Cl2N3O. The van der Waals surface area contributed by atoms with Crippen molar-refractivity contribution in [3.05, 3.63) is 0 Å². The van der Waals surface area contributed by atoms with Crippen molar-refractivity contribution in [1.82, 2.24) is 15.5 Å². The third-order valence-corrected chi connectivity index (χ3v) is 4.18. The van der Waals surface area contributed by atoms with Crippen LogP contribution in [0.15, 0.2) is 0 Å². The monoisotopic (exact) mass is 311 g/mol. The number of rotatable bonds is 2. The van der Waals surface area contributed by atoms with Crippen molar-refractivity contribution in [2.24, 2.45) is 0 Å². The van der Waals surface area contributed by atoms with E-state index in [0.717, 1.165) is 32.4 Å². The average molecular weight is 312 g/mol. The van der Waals surface area contributed by atoms with Gasteiger partial charge in [-0.05, 0) is 46.2 Å². The van der Waals surface area contributed by atoms with E-state index in [4.69, 9.17) is 0 Å². The van der Waals surface area contributed by atoms with E-state index in [1.807, 2.05) is 0 Å². The number of hydrogen-bond acceptors (Lipinski definition) is 3. The summed E-state index contributed by atoms with van der Waals surface area (Å²) >= 11 is 0. The van der Waals surface area contributed by atoms with Crippen molar-refractivity contribution in [3.63, 3.8) is 0 Å². The van der Waals surface area contributed by atoms with Crippen molar-refractivity contribution < 1.29 is 4.79 Å². The molecule has 2 N–H and O–H groups in total. The lowest BCUT2D eigenvalue weighted by Gasteiger charge is -2.36. The fourth-order valence-corrected chi connectivity index (χ4v) is 2.80. The van der Waals surface area contributed by atoms with Crippen LogP contribution in [0.25, 0.3) is 0 Å². The van der Waals surface area contributed by atoms with Crippen LogP contribution in [0.3, 0.4) is 0 Å². The number of carbonyl (C=O) groups is 1. The second-order valence-electron chi connectivity index (χ2n) is 5.56. The Morgan fingerprint density at radius 3 is 2.58 bits per heavy atom. The predicted molar refractivity (Wildman–Crippen MR) is 83.4 cm³/mol. The third kappa shape index (κ3) is 5.46. The molecule has 2 fully saturated rings. The zero-order valence-electron chi connectivity index (χ0n) is 11.9. The Bertz CT molecular complexity index is 273. The Hall–Kier alpha value is -0.0300. The fourth-order valence-electron chi connectivity index (χ4n) is 2.80. The normalized spacial score (nSPS) is 31.8. The first kappa shape index (κ1) is 19.0. The zero-order valence-corrected chi connectivity index (χ0v) is 13.5. The minimum atomic E-state index is 0. The molecule has 0 aromatic rings. The predicted octanol–water partition coefficient (Wildman–Crippen LogP) is 1.57. The van der Waals surface area contributed by atoms with Gasteiger partial charge in [0, 0.05) is 18.6 Å². The van der Waals surface area contributed by atoms with Gasteiger partial charge in [0.25, 0.3) is 0 Å². The third-order valence-electron chi connectivity index (χ3n) is 4.18. The maximum atomic E-state index is 12.1. The topological polar surface area (TPSA) is 44.4 Å². The first-order valence-corrected chi connectivity index (χ1v) is 6.91. The van der Waals surface area contributed by atoms with Gasteiger partial charge in [-0.1, -0.05) is 6.42 Å². The first-order valence-electron chi connectivity index (χ1n) is 6.91. The molecular weight excluding hydrogens is 285 g/mol. The van der Waals surface area contributed by atoms with Crippen LogP contribution in [0, 0.1) is 0 Å². The Morgan fingerprint density at radius 2 is 2.00 bits per heavy atom. The average Bonchev–Trinajstić information content (AvgIpc) is 2.35. The maximum absolute atomic E-state index is 12.1. The molecule has 0 aromatic heterocycles. The molecule has 6 heteroatoms. The van der Waals surface area contributed by atoms with E-state index in [2.05, 4.69) is 29.5 Å². The minimum Gasteiger partial charge on any atom is -0.352 e.